The molecule has 4 rings (SSSR count). The highest BCUT2D eigenvalue weighted by Gasteiger charge is 2.12. The lowest BCUT2D eigenvalue weighted by Gasteiger charge is -2.16. The van der Waals surface area contributed by atoms with Crippen molar-refractivity contribution in [1.29, 1.82) is 0 Å². The fraction of sp³-hybridized carbons (Fsp3) is 0.111. The Morgan fingerprint density at radius 1 is 0.571 bits per heavy atom. The Morgan fingerprint density at radius 3 is 2.04 bits per heavy atom. The molecule has 28 heavy (non-hydrogen) atoms. The van der Waals surface area contributed by atoms with E-state index >= 15 is 0 Å². The van der Waals surface area contributed by atoms with Gasteiger partial charge in [0.15, 0.2) is 0 Å². The van der Waals surface area contributed by atoms with Crippen LogP contribution in [0.1, 0.15) is 22.3 Å². The second kappa shape index (κ2) is 8.14. The first-order chi connectivity index (χ1) is 13.7. The van der Waals surface area contributed by atoms with E-state index in [4.69, 9.17) is 4.74 Å². The molecule has 0 saturated carbocycles. The van der Waals surface area contributed by atoms with E-state index in [0.717, 1.165) is 23.5 Å². The van der Waals surface area contributed by atoms with Gasteiger partial charge in [0.25, 0.3) is 0 Å². The molecule has 0 aliphatic rings. The second-order valence-corrected chi connectivity index (χ2v) is 7.10. The standard InChI is InChI=1S/C27H24O/c1-20-11-6-7-12-22(20)19-23-13-10-17-25(21(23)2)26-16-8-9-18-27(26)28-24-14-4-3-5-15-24/h3-18H,19H2,1-2H3. The molecule has 0 radical (unpaired) electrons. The Kier molecular flexibility index (Phi) is 5.25. The molecule has 1 heteroatoms. The zero-order valence-corrected chi connectivity index (χ0v) is 16.4. The minimum absolute atomic E-state index is 0.851. The fourth-order valence-corrected chi connectivity index (χ4v) is 3.57. The van der Waals surface area contributed by atoms with E-state index in [9.17, 15) is 0 Å². The predicted molar refractivity (Wildman–Crippen MR) is 117 cm³/mol. The summed E-state index contributed by atoms with van der Waals surface area (Å²) in [5, 5.41) is 0. The summed E-state index contributed by atoms with van der Waals surface area (Å²) in [6.07, 6.45) is 0.939. The number of hydrogen-bond acceptors (Lipinski definition) is 1. The zero-order chi connectivity index (χ0) is 19.3. The van der Waals surface area contributed by atoms with E-state index in [1.165, 1.54) is 27.8 Å². The molecule has 0 unspecified atom stereocenters. The van der Waals surface area contributed by atoms with E-state index in [1.54, 1.807) is 0 Å². The van der Waals surface area contributed by atoms with Gasteiger partial charge in [0.2, 0.25) is 0 Å². The highest BCUT2D eigenvalue weighted by molar-refractivity contribution is 5.74. The molecule has 0 fully saturated rings. The molecule has 0 aliphatic carbocycles. The molecule has 0 bridgehead atoms. The van der Waals surface area contributed by atoms with E-state index in [0.29, 0.717) is 0 Å². The number of hydrogen-bond donors (Lipinski definition) is 0. The Hall–Kier alpha value is -3.32. The Labute approximate surface area is 167 Å². The number of ether oxygens (including phenoxy) is 1. The molecule has 138 valence electrons. The van der Waals surface area contributed by atoms with Gasteiger partial charge in [-0.3, -0.25) is 0 Å². The van der Waals surface area contributed by atoms with Crippen LogP contribution in [0.3, 0.4) is 0 Å². The molecule has 0 spiro atoms. The van der Waals surface area contributed by atoms with Crippen molar-refractivity contribution in [2.24, 2.45) is 0 Å². The minimum Gasteiger partial charge on any atom is -0.457 e. The van der Waals surface area contributed by atoms with Crippen molar-refractivity contribution in [3.05, 3.63) is 119 Å². The van der Waals surface area contributed by atoms with Gasteiger partial charge >= 0.3 is 0 Å². The van der Waals surface area contributed by atoms with Crippen LogP contribution >= 0.6 is 0 Å². The molecule has 0 saturated heterocycles. The minimum atomic E-state index is 0.851. The number of rotatable bonds is 5. The van der Waals surface area contributed by atoms with Crippen LogP contribution in [-0.4, -0.2) is 0 Å². The first-order valence-corrected chi connectivity index (χ1v) is 9.67. The molecule has 0 heterocycles. The molecular formula is C27H24O. The summed E-state index contributed by atoms with van der Waals surface area (Å²) in [7, 11) is 0. The number of aryl methyl sites for hydroxylation is 1. The maximum Gasteiger partial charge on any atom is 0.135 e. The number of para-hydroxylation sites is 2. The van der Waals surface area contributed by atoms with Crippen molar-refractivity contribution in [3.63, 3.8) is 0 Å². The summed E-state index contributed by atoms with van der Waals surface area (Å²) < 4.78 is 6.20. The average Bonchev–Trinajstić information content (AvgIpc) is 2.73. The van der Waals surface area contributed by atoms with Gasteiger partial charge < -0.3 is 4.74 Å². The van der Waals surface area contributed by atoms with Crippen LogP contribution < -0.4 is 4.74 Å². The summed E-state index contributed by atoms with van der Waals surface area (Å²) in [5.74, 6) is 1.73. The summed E-state index contributed by atoms with van der Waals surface area (Å²) >= 11 is 0. The smallest absolute Gasteiger partial charge is 0.135 e. The fourth-order valence-electron chi connectivity index (χ4n) is 3.57. The van der Waals surface area contributed by atoms with Crippen molar-refractivity contribution in [3.8, 4) is 22.6 Å². The van der Waals surface area contributed by atoms with Crippen molar-refractivity contribution in [2.75, 3.05) is 0 Å². The quantitative estimate of drug-likeness (QED) is 0.359. The molecular weight excluding hydrogens is 340 g/mol. The van der Waals surface area contributed by atoms with Crippen LogP contribution in [0.15, 0.2) is 97.1 Å². The van der Waals surface area contributed by atoms with Gasteiger partial charge in [-0.1, -0.05) is 78.9 Å². The van der Waals surface area contributed by atoms with Crippen LogP contribution in [0, 0.1) is 13.8 Å². The van der Waals surface area contributed by atoms with E-state index < -0.39 is 0 Å². The van der Waals surface area contributed by atoms with Crippen LogP contribution in [0.4, 0.5) is 0 Å². The monoisotopic (exact) mass is 364 g/mol. The third kappa shape index (κ3) is 3.84. The first kappa shape index (κ1) is 18.1. The molecule has 0 aliphatic heterocycles. The zero-order valence-electron chi connectivity index (χ0n) is 16.4. The van der Waals surface area contributed by atoms with Gasteiger partial charge in [-0.05, 0) is 66.3 Å². The lowest BCUT2D eigenvalue weighted by Crippen LogP contribution is -1.97. The van der Waals surface area contributed by atoms with Crippen LogP contribution in [-0.2, 0) is 6.42 Å². The largest absolute Gasteiger partial charge is 0.457 e. The molecule has 0 aromatic heterocycles. The third-order valence-electron chi connectivity index (χ3n) is 5.24. The SMILES string of the molecule is Cc1ccccc1Cc1cccc(-c2ccccc2Oc2ccccc2)c1C. The Morgan fingerprint density at radius 2 is 1.21 bits per heavy atom. The summed E-state index contributed by atoms with van der Waals surface area (Å²) in [4.78, 5) is 0. The third-order valence-corrected chi connectivity index (χ3v) is 5.24. The highest BCUT2D eigenvalue weighted by atomic mass is 16.5. The van der Waals surface area contributed by atoms with Crippen molar-refractivity contribution in [2.45, 2.75) is 20.3 Å². The highest BCUT2D eigenvalue weighted by Crippen LogP contribution is 2.36. The molecule has 1 nitrogen and oxygen atoms in total. The van der Waals surface area contributed by atoms with Crippen molar-refractivity contribution in [1.82, 2.24) is 0 Å². The molecule has 4 aromatic carbocycles. The summed E-state index contributed by atoms with van der Waals surface area (Å²) in [5.41, 5.74) is 7.70. The average molecular weight is 364 g/mol. The van der Waals surface area contributed by atoms with Gasteiger partial charge in [0.1, 0.15) is 11.5 Å². The van der Waals surface area contributed by atoms with Crippen LogP contribution in [0.5, 0.6) is 11.5 Å². The number of benzene rings is 4. The molecule has 0 N–H and O–H groups in total. The Bertz CT molecular complexity index is 1080. The van der Waals surface area contributed by atoms with Gasteiger partial charge in [0, 0.05) is 5.56 Å². The van der Waals surface area contributed by atoms with E-state index in [1.807, 2.05) is 42.5 Å². The van der Waals surface area contributed by atoms with Crippen LogP contribution in [0.25, 0.3) is 11.1 Å². The second-order valence-electron chi connectivity index (χ2n) is 7.10. The topological polar surface area (TPSA) is 9.23 Å². The molecule has 0 amide bonds. The lowest BCUT2D eigenvalue weighted by atomic mass is 9.91. The summed E-state index contributed by atoms with van der Waals surface area (Å²) in [6.45, 7) is 4.39. The van der Waals surface area contributed by atoms with Gasteiger partial charge in [-0.2, -0.15) is 0 Å². The maximum atomic E-state index is 6.20. The maximum absolute atomic E-state index is 6.20. The predicted octanol–water partition coefficient (Wildman–Crippen LogP) is 7.35. The first-order valence-electron chi connectivity index (χ1n) is 9.67. The molecule has 0 atom stereocenters. The van der Waals surface area contributed by atoms with Crippen LogP contribution in [0.2, 0.25) is 0 Å². The normalized spacial score (nSPS) is 10.6. The lowest BCUT2D eigenvalue weighted by molar-refractivity contribution is 0.484. The van der Waals surface area contributed by atoms with E-state index in [-0.39, 0.29) is 0 Å². The van der Waals surface area contributed by atoms with E-state index in [2.05, 4.69) is 68.4 Å². The van der Waals surface area contributed by atoms with Gasteiger partial charge in [0.05, 0.1) is 0 Å². The van der Waals surface area contributed by atoms with Crippen molar-refractivity contribution >= 4 is 0 Å². The summed E-state index contributed by atoms with van der Waals surface area (Å²) in [6, 6.07) is 33.4. The molecule has 4 aromatic rings. The Balaban J connectivity index is 1.72. The van der Waals surface area contributed by atoms with Gasteiger partial charge in [-0.25, -0.2) is 0 Å². The van der Waals surface area contributed by atoms with Gasteiger partial charge in [-0.15, -0.1) is 0 Å². The van der Waals surface area contributed by atoms with Crippen molar-refractivity contribution < 1.29 is 4.74 Å².